The van der Waals surface area contributed by atoms with Crippen molar-refractivity contribution in [2.24, 2.45) is 5.84 Å². The number of hydrogen-bond donors (Lipinski definition) is 3. The zero-order chi connectivity index (χ0) is 15.0. The third kappa shape index (κ3) is 2.70. The van der Waals surface area contributed by atoms with Gasteiger partial charge in [-0.15, -0.1) is 0 Å². The molecule has 0 bridgehead atoms. The Morgan fingerprint density at radius 2 is 1.76 bits per heavy atom. The number of benzene rings is 1. The summed E-state index contributed by atoms with van der Waals surface area (Å²) in [5.41, 5.74) is 4.34. The van der Waals surface area contributed by atoms with Gasteiger partial charge in [0.25, 0.3) is 0 Å². The lowest BCUT2D eigenvalue weighted by atomic mass is 10.2. The van der Waals surface area contributed by atoms with Crippen molar-refractivity contribution in [2.45, 2.75) is 0 Å². The monoisotopic (exact) mass is 360 g/mol. The van der Waals surface area contributed by atoms with Crippen molar-refractivity contribution >= 4 is 74.9 Å². The molecule has 0 radical (unpaired) electrons. The second-order valence-electron chi connectivity index (χ2n) is 3.97. The van der Waals surface area contributed by atoms with E-state index in [-0.39, 0.29) is 0 Å². The zero-order valence-corrected chi connectivity index (χ0v) is 13.3. The quantitative estimate of drug-likeness (QED) is 0.481. The molecular weight excluding hydrogens is 355 g/mol. The molecule has 10 heteroatoms. The van der Waals surface area contributed by atoms with E-state index in [9.17, 15) is 0 Å². The molecule has 0 aliphatic heterocycles. The Morgan fingerprint density at radius 3 is 2.52 bits per heavy atom. The van der Waals surface area contributed by atoms with Crippen molar-refractivity contribution in [3.8, 4) is 0 Å². The summed E-state index contributed by atoms with van der Waals surface area (Å²) in [6.45, 7) is 0. The van der Waals surface area contributed by atoms with E-state index in [1.165, 1.54) is 6.07 Å². The number of hydrogen-bond acceptors (Lipinski definition) is 7. The van der Waals surface area contributed by atoms with E-state index in [1.807, 2.05) is 0 Å². The number of nitrogens with zero attached hydrogens (tertiary/aromatic N) is 3. The molecule has 3 rings (SSSR count). The predicted molar refractivity (Wildman–Crippen MR) is 87.8 cm³/mol. The van der Waals surface area contributed by atoms with Crippen LogP contribution < -0.4 is 16.6 Å². The fraction of sp³-hybridized carbons (Fsp3) is 0. The number of anilines is 3. The molecule has 4 N–H and O–H groups in total. The standard InChI is InChI=1S/C11H7Cl3N6S/c12-4-1-2-7-9(20-21-19-7)8(4)16-10-5(13)3-6(14)11(17-10)18-15/h1-3H,15H2,(H2,16,17,18). The number of pyridine rings is 1. The van der Waals surface area contributed by atoms with Crippen LogP contribution in [-0.4, -0.2) is 13.7 Å². The average Bonchev–Trinajstić information content (AvgIpc) is 2.93. The van der Waals surface area contributed by atoms with E-state index in [1.54, 1.807) is 12.1 Å². The topological polar surface area (TPSA) is 88.8 Å². The van der Waals surface area contributed by atoms with Crippen LogP contribution in [0.5, 0.6) is 0 Å². The third-order valence-electron chi connectivity index (χ3n) is 2.69. The van der Waals surface area contributed by atoms with Crippen molar-refractivity contribution < 1.29 is 0 Å². The maximum Gasteiger partial charge on any atom is 0.161 e. The first-order chi connectivity index (χ1) is 10.1. The minimum absolute atomic E-state index is 0.295. The van der Waals surface area contributed by atoms with Gasteiger partial charge in [0.2, 0.25) is 0 Å². The molecule has 0 spiro atoms. The maximum absolute atomic E-state index is 6.20. The Bertz CT molecular complexity index is 821. The van der Waals surface area contributed by atoms with Crippen LogP contribution in [0.25, 0.3) is 11.0 Å². The second kappa shape index (κ2) is 5.78. The summed E-state index contributed by atoms with van der Waals surface area (Å²) in [4.78, 5) is 4.20. The summed E-state index contributed by atoms with van der Waals surface area (Å²) in [6, 6.07) is 5.04. The second-order valence-corrected chi connectivity index (χ2v) is 5.72. The first-order valence-corrected chi connectivity index (χ1v) is 7.47. The number of nitrogen functional groups attached to an aromatic ring is 1. The van der Waals surface area contributed by atoms with Gasteiger partial charge in [-0.25, -0.2) is 10.8 Å². The van der Waals surface area contributed by atoms with Gasteiger partial charge in [-0.3, -0.25) is 0 Å². The molecular formula is C11H7Cl3N6S. The molecule has 0 fully saturated rings. The van der Waals surface area contributed by atoms with Crippen molar-refractivity contribution in [3.05, 3.63) is 33.3 Å². The van der Waals surface area contributed by atoms with Crippen molar-refractivity contribution in [1.29, 1.82) is 0 Å². The van der Waals surface area contributed by atoms with Crippen LogP contribution in [0.2, 0.25) is 15.1 Å². The minimum atomic E-state index is 0.295. The molecule has 108 valence electrons. The summed E-state index contributed by atoms with van der Waals surface area (Å²) in [5.74, 6) is 6.00. The summed E-state index contributed by atoms with van der Waals surface area (Å²) >= 11 is 19.4. The smallest absolute Gasteiger partial charge is 0.161 e. The Kier molecular flexibility index (Phi) is 4.01. The number of fused-ring (bicyclic) bond motifs is 1. The predicted octanol–water partition coefficient (Wildman–Crippen LogP) is 4.08. The Labute approximate surface area is 138 Å². The van der Waals surface area contributed by atoms with Gasteiger partial charge in [-0.2, -0.15) is 8.75 Å². The summed E-state index contributed by atoms with van der Waals surface area (Å²) in [5, 5.41) is 4.17. The molecule has 21 heavy (non-hydrogen) atoms. The number of hydrazine groups is 1. The summed E-state index contributed by atoms with van der Waals surface area (Å²) in [7, 11) is 0. The summed E-state index contributed by atoms with van der Waals surface area (Å²) < 4.78 is 8.37. The van der Waals surface area contributed by atoms with Crippen LogP contribution in [0.15, 0.2) is 18.2 Å². The van der Waals surface area contributed by atoms with E-state index in [0.29, 0.717) is 37.9 Å². The highest BCUT2D eigenvalue weighted by Gasteiger charge is 2.14. The van der Waals surface area contributed by atoms with Gasteiger partial charge in [0.05, 0.1) is 32.5 Å². The van der Waals surface area contributed by atoms with Crippen LogP contribution in [0.4, 0.5) is 17.3 Å². The van der Waals surface area contributed by atoms with Crippen LogP contribution in [0, 0.1) is 0 Å². The van der Waals surface area contributed by atoms with Crippen LogP contribution >= 0.6 is 46.5 Å². The van der Waals surface area contributed by atoms with E-state index < -0.39 is 0 Å². The normalized spacial score (nSPS) is 10.9. The molecule has 6 nitrogen and oxygen atoms in total. The number of nitrogens with one attached hydrogen (secondary N) is 2. The fourth-order valence-electron chi connectivity index (χ4n) is 1.72. The molecule has 2 aromatic heterocycles. The third-order valence-corrected chi connectivity index (χ3v) is 4.12. The average molecular weight is 362 g/mol. The minimum Gasteiger partial charge on any atom is -0.336 e. The van der Waals surface area contributed by atoms with E-state index in [4.69, 9.17) is 40.6 Å². The molecule has 0 aliphatic carbocycles. The molecule has 0 saturated carbocycles. The highest BCUT2D eigenvalue weighted by atomic mass is 35.5. The van der Waals surface area contributed by atoms with Crippen molar-refractivity contribution in [1.82, 2.24) is 13.7 Å². The maximum atomic E-state index is 6.20. The zero-order valence-electron chi connectivity index (χ0n) is 10.2. The SMILES string of the molecule is NNc1nc(Nc2c(Cl)ccc3nsnc23)c(Cl)cc1Cl. The van der Waals surface area contributed by atoms with Crippen LogP contribution in [0.1, 0.15) is 0 Å². The van der Waals surface area contributed by atoms with Gasteiger partial charge >= 0.3 is 0 Å². The Balaban J connectivity index is 2.10. The van der Waals surface area contributed by atoms with Crippen LogP contribution in [-0.2, 0) is 0 Å². The molecule has 1 aromatic carbocycles. The number of halogens is 3. The van der Waals surface area contributed by atoms with Gasteiger partial charge in [-0.05, 0) is 18.2 Å². The number of aromatic nitrogens is 3. The highest BCUT2D eigenvalue weighted by Crippen LogP contribution is 2.36. The van der Waals surface area contributed by atoms with Gasteiger partial charge in [0, 0.05) is 0 Å². The van der Waals surface area contributed by atoms with E-state index in [2.05, 4.69) is 24.5 Å². The van der Waals surface area contributed by atoms with Gasteiger partial charge in [0.1, 0.15) is 11.0 Å². The first kappa shape index (κ1) is 14.6. The molecule has 0 unspecified atom stereocenters. The number of nitrogens with two attached hydrogens (primary N) is 1. The fourth-order valence-corrected chi connectivity index (χ4v) is 2.92. The van der Waals surface area contributed by atoms with Crippen molar-refractivity contribution in [2.75, 3.05) is 10.7 Å². The van der Waals surface area contributed by atoms with E-state index >= 15 is 0 Å². The molecule has 2 heterocycles. The lowest BCUT2D eigenvalue weighted by Gasteiger charge is -2.12. The van der Waals surface area contributed by atoms with Gasteiger partial charge in [-0.1, -0.05) is 34.8 Å². The Morgan fingerprint density at radius 1 is 1.00 bits per heavy atom. The lowest BCUT2D eigenvalue weighted by molar-refractivity contribution is 1.23. The van der Waals surface area contributed by atoms with Crippen molar-refractivity contribution in [3.63, 3.8) is 0 Å². The molecule has 0 amide bonds. The number of rotatable bonds is 3. The molecule has 3 aromatic rings. The first-order valence-electron chi connectivity index (χ1n) is 5.60. The molecule has 0 aliphatic rings. The Hall–Kier alpha value is -1.38. The van der Waals surface area contributed by atoms with E-state index in [0.717, 1.165) is 17.2 Å². The largest absolute Gasteiger partial charge is 0.336 e. The van der Waals surface area contributed by atoms with Crippen LogP contribution in [0.3, 0.4) is 0 Å². The summed E-state index contributed by atoms with van der Waals surface area (Å²) in [6.07, 6.45) is 0. The molecule has 0 saturated heterocycles. The van der Waals surface area contributed by atoms with Gasteiger partial charge < -0.3 is 10.7 Å². The molecule has 0 atom stereocenters. The lowest BCUT2D eigenvalue weighted by Crippen LogP contribution is -2.10. The van der Waals surface area contributed by atoms with Gasteiger partial charge in [0.15, 0.2) is 11.6 Å². The highest BCUT2D eigenvalue weighted by molar-refractivity contribution is 7.00.